The monoisotopic (exact) mass is 254 g/mol. The first-order valence-electron chi connectivity index (χ1n) is 5.73. The minimum absolute atomic E-state index is 0.503. The number of rotatable bonds is 3. The van der Waals surface area contributed by atoms with E-state index in [1.165, 1.54) is 16.1 Å². The largest absolute Gasteiger partial charge is 0.316 e. The van der Waals surface area contributed by atoms with E-state index in [1.807, 2.05) is 18.2 Å². The maximum absolute atomic E-state index is 11.5. The standard InChI is InChI=1S/C12H18N2O2S/c1-14(17(2,15)16)12-5-3-4-10(8-12)11-6-7-13-9-11/h3-5,8,11,13H,6-7,9H2,1-2H3. The summed E-state index contributed by atoms with van der Waals surface area (Å²) in [5, 5.41) is 3.32. The van der Waals surface area contributed by atoms with Gasteiger partial charge >= 0.3 is 0 Å². The van der Waals surface area contributed by atoms with Crippen LogP contribution in [0.25, 0.3) is 0 Å². The lowest BCUT2D eigenvalue weighted by molar-refractivity contribution is 0.600. The Bertz CT molecular complexity index is 493. The van der Waals surface area contributed by atoms with E-state index in [4.69, 9.17) is 0 Å². The molecule has 0 bridgehead atoms. The van der Waals surface area contributed by atoms with Crippen molar-refractivity contribution < 1.29 is 8.42 Å². The van der Waals surface area contributed by atoms with Gasteiger partial charge in [0.05, 0.1) is 11.9 Å². The molecule has 0 saturated carbocycles. The van der Waals surface area contributed by atoms with Crippen LogP contribution in [-0.2, 0) is 10.0 Å². The molecule has 0 spiro atoms. The normalized spacial score (nSPS) is 20.5. The molecule has 0 radical (unpaired) electrons. The second-order valence-electron chi connectivity index (χ2n) is 4.52. The van der Waals surface area contributed by atoms with Crippen molar-refractivity contribution in [1.29, 1.82) is 0 Å². The zero-order valence-electron chi connectivity index (χ0n) is 10.2. The van der Waals surface area contributed by atoms with Gasteiger partial charge < -0.3 is 5.32 Å². The smallest absolute Gasteiger partial charge is 0.231 e. The minimum Gasteiger partial charge on any atom is -0.316 e. The maximum Gasteiger partial charge on any atom is 0.231 e. The third-order valence-corrected chi connectivity index (χ3v) is 4.47. The third kappa shape index (κ3) is 2.79. The van der Waals surface area contributed by atoms with Gasteiger partial charge in [-0.1, -0.05) is 12.1 Å². The van der Waals surface area contributed by atoms with E-state index in [9.17, 15) is 8.42 Å². The number of nitrogens with zero attached hydrogens (tertiary/aromatic N) is 1. The summed E-state index contributed by atoms with van der Waals surface area (Å²) in [7, 11) is -1.59. The van der Waals surface area contributed by atoms with E-state index in [0.29, 0.717) is 5.92 Å². The van der Waals surface area contributed by atoms with Gasteiger partial charge in [-0.3, -0.25) is 4.31 Å². The summed E-state index contributed by atoms with van der Waals surface area (Å²) < 4.78 is 24.3. The lowest BCUT2D eigenvalue weighted by Crippen LogP contribution is -2.24. The highest BCUT2D eigenvalue weighted by atomic mass is 32.2. The van der Waals surface area contributed by atoms with Gasteiger partial charge in [-0.15, -0.1) is 0 Å². The Morgan fingerprint density at radius 1 is 1.41 bits per heavy atom. The van der Waals surface area contributed by atoms with Crippen molar-refractivity contribution in [2.24, 2.45) is 0 Å². The molecule has 4 nitrogen and oxygen atoms in total. The lowest BCUT2D eigenvalue weighted by Gasteiger charge is -2.18. The van der Waals surface area contributed by atoms with Crippen molar-refractivity contribution in [1.82, 2.24) is 5.32 Å². The molecular formula is C12H18N2O2S. The first-order valence-corrected chi connectivity index (χ1v) is 7.58. The van der Waals surface area contributed by atoms with E-state index in [2.05, 4.69) is 11.4 Å². The summed E-state index contributed by atoms with van der Waals surface area (Å²) >= 11 is 0. The average molecular weight is 254 g/mol. The molecule has 0 amide bonds. The summed E-state index contributed by atoms with van der Waals surface area (Å²) in [6, 6.07) is 7.79. The van der Waals surface area contributed by atoms with E-state index >= 15 is 0 Å². The molecule has 1 saturated heterocycles. The molecule has 1 unspecified atom stereocenters. The van der Waals surface area contributed by atoms with Crippen molar-refractivity contribution in [3.8, 4) is 0 Å². The Morgan fingerprint density at radius 2 is 2.18 bits per heavy atom. The van der Waals surface area contributed by atoms with Crippen molar-refractivity contribution in [2.45, 2.75) is 12.3 Å². The zero-order valence-corrected chi connectivity index (χ0v) is 11.0. The van der Waals surface area contributed by atoms with Crippen LogP contribution in [-0.4, -0.2) is 34.8 Å². The van der Waals surface area contributed by atoms with Gasteiger partial charge in [0.25, 0.3) is 0 Å². The summed E-state index contributed by atoms with van der Waals surface area (Å²) in [5.74, 6) is 0.503. The summed E-state index contributed by atoms with van der Waals surface area (Å²) in [4.78, 5) is 0. The van der Waals surface area contributed by atoms with Gasteiger partial charge in [0.1, 0.15) is 0 Å². The minimum atomic E-state index is -3.18. The molecule has 0 aliphatic carbocycles. The molecular weight excluding hydrogens is 236 g/mol. The molecule has 94 valence electrons. The molecule has 1 fully saturated rings. The Kier molecular flexibility index (Phi) is 3.40. The number of sulfonamides is 1. The van der Waals surface area contributed by atoms with Gasteiger partial charge in [0.15, 0.2) is 0 Å². The van der Waals surface area contributed by atoms with Crippen LogP contribution in [0, 0.1) is 0 Å². The van der Waals surface area contributed by atoms with Crippen LogP contribution in [0.4, 0.5) is 5.69 Å². The first kappa shape index (κ1) is 12.4. The average Bonchev–Trinajstić information content (AvgIpc) is 2.80. The molecule has 1 heterocycles. The molecule has 0 aromatic heterocycles. The van der Waals surface area contributed by atoms with Crippen LogP contribution in [0.2, 0.25) is 0 Å². The Labute approximate surface area is 103 Å². The lowest BCUT2D eigenvalue weighted by atomic mass is 9.98. The molecule has 5 heteroatoms. The molecule has 1 aromatic rings. The van der Waals surface area contributed by atoms with Crippen LogP contribution in [0.3, 0.4) is 0 Å². The number of benzene rings is 1. The Balaban J connectivity index is 2.28. The van der Waals surface area contributed by atoms with Crippen molar-refractivity contribution >= 4 is 15.7 Å². The van der Waals surface area contributed by atoms with Crippen LogP contribution < -0.4 is 9.62 Å². The molecule has 1 aliphatic rings. The highest BCUT2D eigenvalue weighted by Crippen LogP contribution is 2.26. The van der Waals surface area contributed by atoms with Crippen molar-refractivity contribution in [3.05, 3.63) is 29.8 Å². The molecule has 1 aliphatic heterocycles. The second kappa shape index (κ2) is 4.66. The Morgan fingerprint density at radius 3 is 2.76 bits per heavy atom. The highest BCUT2D eigenvalue weighted by molar-refractivity contribution is 7.92. The second-order valence-corrected chi connectivity index (χ2v) is 6.53. The van der Waals surface area contributed by atoms with Crippen molar-refractivity contribution in [3.63, 3.8) is 0 Å². The van der Waals surface area contributed by atoms with Gasteiger partial charge in [-0.05, 0) is 36.6 Å². The molecule has 1 aromatic carbocycles. The van der Waals surface area contributed by atoms with Crippen LogP contribution >= 0.6 is 0 Å². The summed E-state index contributed by atoms with van der Waals surface area (Å²) in [5.41, 5.74) is 1.94. The molecule has 17 heavy (non-hydrogen) atoms. The fraction of sp³-hybridized carbons (Fsp3) is 0.500. The van der Waals surface area contributed by atoms with E-state index < -0.39 is 10.0 Å². The van der Waals surface area contributed by atoms with Crippen LogP contribution in [0.15, 0.2) is 24.3 Å². The van der Waals surface area contributed by atoms with E-state index in [0.717, 1.165) is 25.2 Å². The van der Waals surface area contributed by atoms with E-state index in [1.54, 1.807) is 7.05 Å². The number of anilines is 1. The van der Waals surface area contributed by atoms with Gasteiger partial charge in [-0.25, -0.2) is 8.42 Å². The zero-order chi connectivity index (χ0) is 12.5. The maximum atomic E-state index is 11.5. The SMILES string of the molecule is CN(c1cccc(C2CCNC2)c1)S(C)(=O)=O. The quantitative estimate of drug-likeness (QED) is 0.880. The van der Waals surface area contributed by atoms with E-state index in [-0.39, 0.29) is 0 Å². The topological polar surface area (TPSA) is 49.4 Å². The number of hydrogen-bond donors (Lipinski definition) is 1. The molecule has 2 rings (SSSR count). The summed E-state index contributed by atoms with van der Waals surface area (Å²) in [6.07, 6.45) is 2.34. The number of hydrogen-bond acceptors (Lipinski definition) is 3. The third-order valence-electron chi connectivity index (χ3n) is 3.26. The van der Waals surface area contributed by atoms with Gasteiger partial charge in [0.2, 0.25) is 10.0 Å². The predicted octanol–water partition coefficient (Wildman–Crippen LogP) is 1.16. The van der Waals surface area contributed by atoms with Crippen LogP contribution in [0.1, 0.15) is 17.9 Å². The molecule has 1 atom stereocenters. The highest BCUT2D eigenvalue weighted by Gasteiger charge is 2.18. The van der Waals surface area contributed by atoms with Crippen LogP contribution in [0.5, 0.6) is 0 Å². The fourth-order valence-electron chi connectivity index (χ4n) is 2.11. The predicted molar refractivity (Wildman–Crippen MR) is 69.9 cm³/mol. The summed E-state index contributed by atoms with van der Waals surface area (Å²) in [6.45, 7) is 2.02. The molecule has 1 N–H and O–H groups in total. The Hall–Kier alpha value is -1.07. The van der Waals surface area contributed by atoms with Gasteiger partial charge in [-0.2, -0.15) is 0 Å². The van der Waals surface area contributed by atoms with Crippen molar-refractivity contribution in [2.75, 3.05) is 30.7 Å². The fourth-order valence-corrected chi connectivity index (χ4v) is 2.60. The first-order chi connectivity index (χ1) is 7.98. The van der Waals surface area contributed by atoms with Gasteiger partial charge in [0, 0.05) is 13.6 Å². The number of nitrogens with one attached hydrogen (secondary N) is 1.